The monoisotopic (exact) mass is 644 g/mol. The number of ketones is 1. The van der Waals surface area contributed by atoms with Gasteiger partial charge in [0.25, 0.3) is 5.91 Å². The second-order valence-corrected chi connectivity index (χ2v) is 12.9. The molecule has 8 heteroatoms. The van der Waals surface area contributed by atoms with Gasteiger partial charge in [-0.2, -0.15) is 0 Å². The molecular formula is C38H55F3N2O3. The van der Waals surface area contributed by atoms with Crippen LogP contribution in [0.15, 0.2) is 54.6 Å². The van der Waals surface area contributed by atoms with Crippen molar-refractivity contribution < 1.29 is 27.5 Å². The normalized spacial score (nSPS) is 14.3. The molecular weight excluding hydrogens is 589 g/mol. The maximum Gasteiger partial charge on any atom is 0.251 e. The Morgan fingerprint density at radius 2 is 1.59 bits per heavy atom. The van der Waals surface area contributed by atoms with E-state index in [1.165, 1.54) is 31.2 Å². The molecule has 3 rings (SSSR count). The highest BCUT2D eigenvalue weighted by Crippen LogP contribution is 2.31. The van der Waals surface area contributed by atoms with Crippen molar-refractivity contribution in [2.45, 2.75) is 111 Å². The number of likely N-dealkylation sites (tertiary alicyclic amines) is 1. The molecule has 0 unspecified atom stereocenters. The van der Waals surface area contributed by atoms with E-state index >= 15 is 0 Å². The number of nitrogens with one attached hydrogen (secondary N) is 1. The summed E-state index contributed by atoms with van der Waals surface area (Å²) in [6, 6.07) is 8.57. The smallest absolute Gasteiger partial charge is 0.251 e. The lowest BCUT2D eigenvalue weighted by molar-refractivity contribution is -0.126. The van der Waals surface area contributed by atoms with Gasteiger partial charge in [0, 0.05) is 48.8 Å². The molecule has 0 spiro atoms. The first-order valence-corrected chi connectivity index (χ1v) is 16.3. The fourth-order valence-electron chi connectivity index (χ4n) is 5.53. The molecule has 0 atom stereocenters. The van der Waals surface area contributed by atoms with Crippen LogP contribution in [0.4, 0.5) is 13.2 Å². The molecule has 256 valence electrons. The molecule has 1 N–H and O–H groups in total. The summed E-state index contributed by atoms with van der Waals surface area (Å²) in [4.78, 5) is 27.1. The predicted molar refractivity (Wildman–Crippen MR) is 183 cm³/mol. The summed E-state index contributed by atoms with van der Waals surface area (Å²) in [6.07, 6.45) is 6.12. The fourth-order valence-corrected chi connectivity index (χ4v) is 5.53. The van der Waals surface area contributed by atoms with E-state index < -0.39 is 17.2 Å². The summed E-state index contributed by atoms with van der Waals surface area (Å²) in [5.74, 6) is -1.38. The van der Waals surface area contributed by atoms with Gasteiger partial charge in [-0.1, -0.05) is 67.9 Å². The lowest BCUT2D eigenvalue weighted by Crippen LogP contribution is -2.72. The third-order valence-electron chi connectivity index (χ3n) is 7.75. The molecule has 0 radical (unpaired) electrons. The summed E-state index contributed by atoms with van der Waals surface area (Å²) >= 11 is 0. The van der Waals surface area contributed by atoms with E-state index in [1.807, 2.05) is 40.7 Å². The molecule has 1 amide bonds. The Morgan fingerprint density at radius 3 is 2.07 bits per heavy atom. The third-order valence-corrected chi connectivity index (χ3v) is 7.75. The minimum Gasteiger partial charge on any atom is -0.497 e. The number of rotatable bonds is 12. The quantitative estimate of drug-likeness (QED) is 0.185. The Kier molecular flexibility index (Phi) is 16.5. The molecule has 0 saturated carbocycles. The molecule has 2 aromatic rings. The van der Waals surface area contributed by atoms with Gasteiger partial charge >= 0.3 is 0 Å². The minimum atomic E-state index is -0.692. The number of carbonyl (C=O) groups is 2. The number of ether oxygens (including phenoxy) is 1. The highest BCUT2D eigenvalue weighted by molar-refractivity contribution is 5.98. The number of hydrogen-bond donors (Lipinski definition) is 1. The van der Waals surface area contributed by atoms with Crippen LogP contribution in [-0.2, 0) is 15.0 Å². The Hall–Kier alpha value is -3.39. The predicted octanol–water partition coefficient (Wildman–Crippen LogP) is 9.20. The van der Waals surface area contributed by atoms with Gasteiger partial charge in [0.2, 0.25) is 0 Å². The van der Waals surface area contributed by atoms with E-state index in [4.69, 9.17) is 4.74 Å². The molecule has 1 aliphatic rings. The lowest BCUT2D eigenvalue weighted by atomic mass is 9.82. The maximum absolute atomic E-state index is 14.0. The van der Waals surface area contributed by atoms with Gasteiger partial charge in [0.1, 0.15) is 29.0 Å². The van der Waals surface area contributed by atoms with Crippen LogP contribution in [-0.4, -0.2) is 48.4 Å². The van der Waals surface area contributed by atoms with Crippen LogP contribution >= 0.6 is 0 Å². The van der Waals surface area contributed by atoms with Crippen LogP contribution in [0.3, 0.4) is 0 Å². The van der Waals surface area contributed by atoms with E-state index in [9.17, 15) is 22.8 Å². The zero-order valence-corrected chi connectivity index (χ0v) is 29.6. The van der Waals surface area contributed by atoms with E-state index in [0.29, 0.717) is 30.5 Å². The maximum atomic E-state index is 14.0. The Balaban J connectivity index is 0.000000586. The summed E-state index contributed by atoms with van der Waals surface area (Å²) in [5, 5.41) is 3.01. The number of allylic oxidation sites excluding steroid dienone is 1. The Morgan fingerprint density at radius 1 is 1.00 bits per heavy atom. The first-order valence-electron chi connectivity index (χ1n) is 16.3. The number of halogens is 3. The zero-order valence-electron chi connectivity index (χ0n) is 29.6. The highest BCUT2D eigenvalue weighted by atomic mass is 19.1. The van der Waals surface area contributed by atoms with Gasteiger partial charge in [-0.25, -0.2) is 13.2 Å². The number of Topliss-reactive ketones (excluding diaryl/α,β-unsaturated/α-hetero) is 1. The summed E-state index contributed by atoms with van der Waals surface area (Å²) in [6.45, 7) is 22.7. The van der Waals surface area contributed by atoms with E-state index in [-0.39, 0.29) is 40.5 Å². The van der Waals surface area contributed by atoms with Gasteiger partial charge in [0.05, 0.1) is 12.6 Å². The number of carbonyl (C=O) groups excluding carboxylic acids is 2. The van der Waals surface area contributed by atoms with Crippen molar-refractivity contribution >= 4 is 17.3 Å². The van der Waals surface area contributed by atoms with Crippen molar-refractivity contribution in [1.82, 2.24) is 10.2 Å². The second kappa shape index (κ2) is 18.7. The van der Waals surface area contributed by atoms with Crippen LogP contribution in [0.25, 0.3) is 5.57 Å². The molecule has 46 heavy (non-hydrogen) atoms. The second-order valence-electron chi connectivity index (χ2n) is 12.9. The van der Waals surface area contributed by atoms with Crippen LogP contribution in [0.2, 0.25) is 0 Å². The summed E-state index contributed by atoms with van der Waals surface area (Å²) in [5.41, 5.74) is 1.15. The van der Waals surface area contributed by atoms with Gasteiger partial charge in [-0.15, -0.1) is 0 Å². The largest absolute Gasteiger partial charge is 0.497 e. The van der Waals surface area contributed by atoms with Crippen molar-refractivity contribution in [3.63, 3.8) is 0 Å². The molecule has 0 aromatic heterocycles. The van der Waals surface area contributed by atoms with Crippen LogP contribution < -0.4 is 10.1 Å². The lowest BCUT2D eigenvalue weighted by Gasteiger charge is -2.53. The number of hydrogen-bond acceptors (Lipinski definition) is 4. The molecule has 2 aromatic carbocycles. The zero-order chi connectivity index (χ0) is 35.2. The highest BCUT2D eigenvalue weighted by Gasteiger charge is 2.47. The van der Waals surface area contributed by atoms with Crippen molar-refractivity contribution in [2.24, 2.45) is 0 Å². The molecule has 0 aliphatic carbocycles. The van der Waals surface area contributed by atoms with E-state index in [1.54, 1.807) is 20.1 Å². The van der Waals surface area contributed by atoms with Gasteiger partial charge < -0.3 is 10.1 Å². The number of benzene rings is 2. The fraction of sp³-hybridized carbons (Fsp3) is 0.526. The van der Waals surface area contributed by atoms with Crippen LogP contribution in [0.5, 0.6) is 5.75 Å². The van der Waals surface area contributed by atoms with Gasteiger partial charge in [-0.05, 0) is 73.6 Å². The van der Waals surface area contributed by atoms with Crippen LogP contribution in [0, 0.1) is 17.5 Å². The van der Waals surface area contributed by atoms with E-state index in [2.05, 4.69) is 30.6 Å². The van der Waals surface area contributed by atoms with Crippen molar-refractivity contribution in [2.75, 3.05) is 20.2 Å². The standard InChI is InChI=1S/C25H34F2N2O2.C11H15FO.C2H6/c1-6-8-21(9-7-2)29-15-25(16-29,14-19(5)30)28-24(31)18(4)12-17(3)22-11-10-20(26)13-23(22)27;1-11(2,3)8-5-9(12)7-10(6-8)13-4;1-2/h10-13,21H,4,6-9,14-16H2,1-3,5H3,(H,28,31);5-7H,1-4H3;1-2H3/b17-12+;;. The molecule has 0 bridgehead atoms. The number of amides is 1. The van der Waals surface area contributed by atoms with Gasteiger partial charge in [-0.3, -0.25) is 14.5 Å². The minimum absolute atomic E-state index is 0.0215. The number of nitrogens with zero attached hydrogens (tertiary/aromatic N) is 1. The van der Waals surface area contributed by atoms with E-state index in [0.717, 1.165) is 37.3 Å². The first kappa shape index (κ1) is 40.6. The molecule has 1 saturated heterocycles. The Bertz CT molecular complexity index is 1340. The molecule has 1 heterocycles. The molecule has 1 aliphatic heterocycles. The molecule has 5 nitrogen and oxygen atoms in total. The SMILES string of the molecule is C=C(/C=C(\C)c1ccc(F)cc1F)C(=O)NC1(CC(C)=O)CN(C(CCC)CCC)C1.CC.COc1cc(F)cc(C(C)(C)C)c1. The number of methoxy groups -OCH3 is 1. The third kappa shape index (κ3) is 12.4. The molecule has 1 fully saturated rings. The summed E-state index contributed by atoms with van der Waals surface area (Å²) in [7, 11) is 1.54. The van der Waals surface area contributed by atoms with Crippen LogP contribution in [0.1, 0.15) is 106 Å². The average molecular weight is 645 g/mol. The first-order chi connectivity index (χ1) is 21.5. The Labute approximate surface area is 275 Å². The average Bonchev–Trinajstić information content (AvgIpc) is 2.95. The van der Waals surface area contributed by atoms with Gasteiger partial charge in [0.15, 0.2) is 0 Å². The summed E-state index contributed by atoms with van der Waals surface area (Å²) < 4.78 is 45.2. The topological polar surface area (TPSA) is 58.6 Å². The van der Waals surface area contributed by atoms with Crippen molar-refractivity contribution in [3.05, 3.63) is 83.2 Å². The van der Waals surface area contributed by atoms with Crippen molar-refractivity contribution in [1.29, 1.82) is 0 Å². The van der Waals surface area contributed by atoms with Crippen molar-refractivity contribution in [3.8, 4) is 5.75 Å².